The summed E-state index contributed by atoms with van der Waals surface area (Å²) in [4.78, 5) is 36.9. The molecule has 4 N–H and O–H groups in total. The summed E-state index contributed by atoms with van der Waals surface area (Å²) in [6, 6.07) is -0.554. The van der Waals surface area contributed by atoms with Crippen LogP contribution in [-0.2, 0) is 9.59 Å². The van der Waals surface area contributed by atoms with Crippen LogP contribution in [0.5, 0.6) is 0 Å². The zero-order valence-corrected chi connectivity index (χ0v) is 10.4. The third-order valence-electron chi connectivity index (χ3n) is 4.03. The monoisotopic (exact) mass is 264 g/mol. The Labute approximate surface area is 110 Å². The lowest BCUT2D eigenvalue weighted by molar-refractivity contribution is -0.133. The van der Waals surface area contributed by atoms with Gasteiger partial charge in [-0.3, -0.25) is 14.9 Å². The second-order valence-electron chi connectivity index (χ2n) is 5.39. The van der Waals surface area contributed by atoms with Crippen molar-refractivity contribution in [3.63, 3.8) is 0 Å². The molecular formula is C12H16N4O3. The maximum atomic E-state index is 12.3. The second kappa shape index (κ2) is 4.06. The first kappa shape index (κ1) is 12.2. The quantitative estimate of drug-likeness (QED) is 0.404. The number of amides is 4. The van der Waals surface area contributed by atoms with Crippen molar-refractivity contribution in [2.45, 2.75) is 24.4 Å². The van der Waals surface area contributed by atoms with E-state index in [0.717, 1.165) is 0 Å². The number of nitrogens with one attached hydrogen (secondary N) is 2. The molecule has 0 aromatic heterocycles. The van der Waals surface area contributed by atoms with Gasteiger partial charge in [0.05, 0.1) is 12.5 Å². The van der Waals surface area contributed by atoms with E-state index in [2.05, 4.69) is 10.6 Å². The number of likely N-dealkylation sites (tertiary alicyclic amines) is 1. The van der Waals surface area contributed by atoms with Gasteiger partial charge in [0.25, 0.3) is 5.91 Å². The van der Waals surface area contributed by atoms with Crippen molar-refractivity contribution >= 4 is 17.8 Å². The Kier molecular flexibility index (Phi) is 2.60. The van der Waals surface area contributed by atoms with Crippen molar-refractivity contribution in [1.29, 1.82) is 0 Å². The molecule has 2 heterocycles. The average Bonchev–Trinajstić information content (AvgIpc) is 3.01. The van der Waals surface area contributed by atoms with Gasteiger partial charge in [-0.15, -0.1) is 0 Å². The van der Waals surface area contributed by atoms with Crippen molar-refractivity contribution in [2.75, 3.05) is 13.1 Å². The fraction of sp³-hybridized carbons (Fsp3) is 0.583. The lowest BCUT2D eigenvalue weighted by Crippen LogP contribution is -2.50. The summed E-state index contributed by atoms with van der Waals surface area (Å²) in [5, 5.41) is 4.85. The van der Waals surface area contributed by atoms with E-state index in [-0.39, 0.29) is 30.3 Å². The Morgan fingerprint density at radius 1 is 1.42 bits per heavy atom. The highest BCUT2D eigenvalue weighted by Crippen LogP contribution is 2.28. The molecule has 4 amide bonds. The Hall–Kier alpha value is -1.89. The van der Waals surface area contributed by atoms with Crippen LogP contribution >= 0.6 is 0 Å². The SMILES string of the molecule is NC1C=CC(C(=O)N2CCC3(C2)NC(=O)NC3=O)C1. The zero-order valence-electron chi connectivity index (χ0n) is 10.4. The van der Waals surface area contributed by atoms with Crippen LogP contribution in [-0.4, -0.2) is 47.4 Å². The summed E-state index contributed by atoms with van der Waals surface area (Å²) in [5.74, 6) is -0.563. The van der Waals surface area contributed by atoms with Crippen LogP contribution in [0.15, 0.2) is 12.2 Å². The maximum Gasteiger partial charge on any atom is 0.322 e. The van der Waals surface area contributed by atoms with E-state index in [1.807, 2.05) is 12.2 Å². The van der Waals surface area contributed by atoms with E-state index in [1.165, 1.54) is 0 Å². The van der Waals surface area contributed by atoms with Crippen LogP contribution in [0, 0.1) is 5.92 Å². The third kappa shape index (κ3) is 1.90. The minimum atomic E-state index is -0.933. The van der Waals surface area contributed by atoms with Crippen LogP contribution in [0.4, 0.5) is 4.79 Å². The highest BCUT2D eigenvalue weighted by Gasteiger charge is 2.52. The molecule has 0 aromatic carbocycles. The summed E-state index contributed by atoms with van der Waals surface area (Å²) >= 11 is 0. The molecule has 102 valence electrons. The van der Waals surface area contributed by atoms with Crippen molar-refractivity contribution in [3.05, 3.63) is 12.2 Å². The van der Waals surface area contributed by atoms with Crippen LogP contribution in [0.25, 0.3) is 0 Å². The van der Waals surface area contributed by atoms with Gasteiger partial charge in [0, 0.05) is 12.6 Å². The fourth-order valence-corrected chi connectivity index (χ4v) is 2.96. The molecule has 19 heavy (non-hydrogen) atoms. The van der Waals surface area contributed by atoms with Crippen LogP contribution in [0.2, 0.25) is 0 Å². The van der Waals surface area contributed by atoms with Gasteiger partial charge in [-0.25, -0.2) is 4.79 Å². The minimum absolute atomic E-state index is 0.0185. The zero-order chi connectivity index (χ0) is 13.6. The van der Waals surface area contributed by atoms with Crippen molar-refractivity contribution in [2.24, 2.45) is 11.7 Å². The van der Waals surface area contributed by atoms with Gasteiger partial charge in [-0.2, -0.15) is 0 Å². The lowest BCUT2D eigenvalue weighted by Gasteiger charge is -2.23. The number of nitrogens with two attached hydrogens (primary N) is 1. The molecule has 1 spiro atoms. The van der Waals surface area contributed by atoms with Gasteiger partial charge in [-0.05, 0) is 12.8 Å². The van der Waals surface area contributed by atoms with Gasteiger partial charge < -0.3 is 16.0 Å². The number of imide groups is 1. The summed E-state index contributed by atoms with van der Waals surface area (Å²) in [6.07, 6.45) is 4.73. The van der Waals surface area contributed by atoms with E-state index in [9.17, 15) is 14.4 Å². The van der Waals surface area contributed by atoms with E-state index in [0.29, 0.717) is 19.4 Å². The molecule has 2 aliphatic heterocycles. The summed E-state index contributed by atoms with van der Waals surface area (Å²) < 4.78 is 0. The van der Waals surface area contributed by atoms with Crippen LogP contribution < -0.4 is 16.4 Å². The predicted octanol–water partition coefficient (Wildman–Crippen LogP) is -1.30. The Morgan fingerprint density at radius 2 is 2.21 bits per heavy atom. The Balaban J connectivity index is 1.69. The molecular weight excluding hydrogens is 248 g/mol. The largest absolute Gasteiger partial charge is 0.339 e. The van der Waals surface area contributed by atoms with Gasteiger partial charge in [0.15, 0.2) is 0 Å². The first-order valence-corrected chi connectivity index (χ1v) is 6.36. The summed E-state index contributed by atoms with van der Waals surface area (Å²) in [7, 11) is 0. The maximum absolute atomic E-state index is 12.3. The van der Waals surface area contributed by atoms with Gasteiger partial charge in [0.2, 0.25) is 5.91 Å². The predicted molar refractivity (Wildman–Crippen MR) is 65.8 cm³/mol. The molecule has 0 saturated carbocycles. The van der Waals surface area contributed by atoms with E-state index >= 15 is 0 Å². The first-order valence-electron chi connectivity index (χ1n) is 6.36. The Morgan fingerprint density at radius 3 is 2.79 bits per heavy atom. The summed E-state index contributed by atoms with van der Waals surface area (Å²) in [5.41, 5.74) is 4.81. The molecule has 3 rings (SSSR count). The number of carbonyl (C=O) groups excluding carboxylic acids is 3. The van der Waals surface area contributed by atoms with Crippen molar-refractivity contribution in [3.8, 4) is 0 Å². The van der Waals surface area contributed by atoms with Gasteiger partial charge in [0.1, 0.15) is 5.54 Å². The molecule has 3 aliphatic rings. The highest BCUT2D eigenvalue weighted by molar-refractivity contribution is 6.07. The molecule has 7 heteroatoms. The summed E-state index contributed by atoms with van der Waals surface area (Å²) in [6.45, 7) is 0.717. The van der Waals surface area contributed by atoms with Crippen molar-refractivity contribution < 1.29 is 14.4 Å². The third-order valence-corrected chi connectivity index (χ3v) is 4.03. The molecule has 0 radical (unpaired) electrons. The van der Waals surface area contributed by atoms with E-state index in [4.69, 9.17) is 5.73 Å². The molecule has 3 unspecified atom stereocenters. The number of nitrogens with zero attached hydrogens (tertiary/aromatic N) is 1. The molecule has 3 atom stereocenters. The topological polar surface area (TPSA) is 105 Å². The molecule has 0 bridgehead atoms. The number of carbonyl (C=O) groups is 3. The standard InChI is InChI=1S/C12H16N4O3/c13-8-2-1-7(5-8)9(17)16-4-3-12(6-16)10(18)14-11(19)15-12/h1-2,7-8H,3-6,13H2,(H2,14,15,18,19). The lowest BCUT2D eigenvalue weighted by atomic mass is 9.99. The number of urea groups is 1. The molecule has 7 nitrogen and oxygen atoms in total. The Bertz CT molecular complexity index is 489. The second-order valence-corrected chi connectivity index (χ2v) is 5.39. The highest BCUT2D eigenvalue weighted by atomic mass is 16.2. The molecule has 1 aliphatic carbocycles. The molecule has 2 saturated heterocycles. The van der Waals surface area contributed by atoms with Gasteiger partial charge in [-0.1, -0.05) is 12.2 Å². The minimum Gasteiger partial charge on any atom is -0.339 e. The van der Waals surface area contributed by atoms with Crippen LogP contribution in [0.1, 0.15) is 12.8 Å². The van der Waals surface area contributed by atoms with Crippen LogP contribution in [0.3, 0.4) is 0 Å². The van der Waals surface area contributed by atoms with Gasteiger partial charge >= 0.3 is 6.03 Å². The van der Waals surface area contributed by atoms with Crippen molar-refractivity contribution in [1.82, 2.24) is 15.5 Å². The number of hydrogen-bond acceptors (Lipinski definition) is 4. The molecule has 2 fully saturated rings. The number of rotatable bonds is 1. The average molecular weight is 264 g/mol. The fourth-order valence-electron chi connectivity index (χ4n) is 2.96. The van der Waals surface area contributed by atoms with E-state index < -0.39 is 11.6 Å². The van der Waals surface area contributed by atoms with E-state index in [1.54, 1.807) is 4.90 Å². The first-order chi connectivity index (χ1) is 9.00. The smallest absolute Gasteiger partial charge is 0.322 e. The number of hydrogen-bond donors (Lipinski definition) is 3. The molecule has 0 aromatic rings. The normalized spacial score (nSPS) is 37.0.